The quantitative estimate of drug-likeness (QED) is 0.640. The van der Waals surface area contributed by atoms with Gasteiger partial charge in [-0.15, -0.1) is 0 Å². The summed E-state index contributed by atoms with van der Waals surface area (Å²) in [6.45, 7) is 0. The van der Waals surface area contributed by atoms with Crippen molar-refractivity contribution in [1.82, 2.24) is 0 Å². The summed E-state index contributed by atoms with van der Waals surface area (Å²) in [5.74, 6) is -0.743. The Morgan fingerprint density at radius 3 is 2.58 bits per heavy atom. The fraction of sp³-hybridized carbons (Fsp3) is 0.158. The summed E-state index contributed by atoms with van der Waals surface area (Å²) >= 11 is 1.45. The molecule has 6 nitrogen and oxygen atoms in total. The largest absolute Gasteiger partial charge is 0.508 e. The molecule has 0 amide bonds. The highest BCUT2D eigenvalue weighted by Crippen LogP contribution is 2.44. The van der Waals surface area contributed by atoms with Gasteiger partial charge in [-0.25, -0.2) is 4.79 Å². The van der Waals surface area contributed by atoms with Crippen LogP contribution >= 0.6 is 11.3 Å². The zero-order valence-electron chi connectivity index (χ0n) is 13.4. The van der Waals surface area contributed by atoms with Gasteiger partial charge in [-0.3, -0.25) is 4.79 Å². The van der Waals surface area contributed by atoms with Crippen molar-refractivity contribution in [3.63, 3.8) is 0 Å². The van der Waals surface area contributed by atoms with Gasteiger partial charge in [0.15, 0.2) is 5.78 Å². The van der Waals surface area contributed by atoms with Crippen molar-refractivity contribution >= 4 is 17.1 Å². The number of hydrogen-bond donors (Lipinski definition) is 3. The summed E-state index contributed by atoms with van der Waals surface area (Å²) in [5.41, 5.74) is 1.52. The molecule has 1 aliphatic rings. The van der Waals surface area contributed by atoms with Crippen molar-refractivity contribution in [2.24, 2.45) is 0 Å². The van der Waals surface area contributed by atoms with E-state index in [0.717, 1.165) is 11.6 Å². The number of benzene rings is 1. The summed E-state index contributed by atoms with van der Waals surface area (Å²) in [6.07, 6.45) is -0.849. The van der Waals surface area contributed by atoms with Crippen LogP contribution in [0.2, 0.25) is 0 Å². The molecule has 0 saturated heterocycles. The molecule has 0 saturated carbocycles. The lowest BCUT2D eigenvalue weighted by molar-refractivity contribution is 0.0850. The standard InChI is InChI=1S/C19H14O6S/c20-10-3-13-18(16-5-11(21)6-17(24)25-16)12(9-1-2-26-8-9)7-15(23)19(13)14(22)4-10/h1-2,5-8,10,20-21,23H,3-4H2. The molecule has 2 aromatic heterocycles. The first kappa shape index (κ1) is 16.6. The van der Waals surface area contributed by atoms with Crippen molar-refractivity contribution in [3.8, 4) is 33.9 Å². The Kier molecular flexibility index (Phi) is 3.90. The lowest BCUT2D eigenvalue weighted by Crippen LogP contribution is -2.25. The van der Waals surface area contributed by atoms with Crippen LogP contribution < -0.4 is 5.63 Å². The van der Waals surface area contributed by atoms with Crippen LogP contribution in [0.5, 0.6) is 11.5 Å². The Morgan fingerprint density at radius 1 is 1.08 bits per heavy atom. The second-order valence-corrected chi connectivity index (χ2v) is 6.95. The van der Waals surface area contributed by atoms with E-state index >= 15 is 0 Å². The number of thiophene rings is 1. The third-order valence-corrected chi connectivity index (χ3v) is 5.07. The topological polar surface area (TPSA) is 108 Å². The minimum absolute atomic E-state index is 0.0781. The molecule has 1 unspecified atom stereocenters. The predicted molar refractivity (Wildman–Crippen MR) is 95.7 cm³/mol. The summed E-state index contributed by atoms with van der Waals surface area (Å²) in [5, 5.41) is 34.0. The summed E-state index contributed by atoms with van der Waals surface area (Å²) in [7, 11) is 0. The van der Waals surface area contributed by atoms with Gasteiger partial charge in [0.2, 0.25) is 0 Å². The number of hydrogen-bond acceptors (Lipinski definition) is 7. The highest BCUT2D eigenvalue weighted by Gasteiger charge is 2.32. The molecule has 1 aliphatic carbocycles. The van der Waals surface area contributed by atoms with Gasteiger partial charge in [0.05, 0.1) is 17.7 Å². The minimum Gasteiger partial charge on any atom is -0.508 e. The molecule has 7 heteroatoms. The molecule has 0 aliphatic heterocycles. The summed E-state index contributed by atoms with van der Waals surface area (Å²) in [4.78, 5) is 24.1. The van der Waals surface area contributed by atoms with Crippen LogP contribution in [0.1, 0.15) is 22.3 Å². The molecular formula is C19H14O6S. The van der Waals surface area contributed by atoms with Crippen LogP contribution in [0.15, 0.2) is 44.2 Å². The maximum Gasteiger partial charge on any atom is 0.339 e. The summed E-state index contributed by atoms with van der Waals surface area (Å²) < 4.78 is 5.27. The molecular weight excluding hydrogens is 356 g/mol. The SMILES string of the molecule is O=C1CC(O)Cc2c1c(O)cc(-c1ccsc1)c2-c1cc(O)cc(=O)o1. The third-order valence-electron chi connectivity index (χ3n) is 4.38. The molecule has 0 fully saturated rings. The Hall–Kier alpha value is -2.90. The molecule has 132 valence electrons. The number of carbonyl (C=O) groups excluding carboxylic acids is 1. The smallest absolute Gasteiger partial charge is 0.339 e. The van der Waals surface area contributed by atoms with E-state index in [9.17, 15) is 24.9 Å². The third kappa shape index (κ3) is 2.71. The van der Waals surface area contributed by atoms with Crippen molar-refractivity contribution in [2.45, 2.75) is 18.9 Å². The van der Waals surface area contributed by atoms with Crippen LogP contribution in [0.3, 0.4) is 0 Å². The number of aliphatic hydroxyl groups excluding tert-OH is 1. The summed E-state index contributed by atoms with van der Waals surface area (Å²) in [6, 6.07) is 5.52. The lowest BCUT2D eigenvalue weighted by Gasteiger charge is -2.25. The van der Waals surface area contributed by atoms with Gasteiger partial charge >= 0.3 is 5.63 Å². The number of carbonyl (C=O) groups is 1. The van der Waals surface area contributed by atoms with Crippen LogP contribution in [0, 0.1) is 0 Å². The maximum absolute atomic E-state index is 12.4. The van der Waals surface area contributed by atoms with Crippen molar-refractivity contribution in [3.05, 3.63) is 56.6 Å². The fourth-order valence-corrected chi connectivity index (χ4v) is 4.03. The van der Waals surface area contributed by atoms with Gasteiger partial charge in [0, 0.05) is 24.5 Å². The molecule has 1 aromatic carbocycles. The second-order valence-electron chi connectivity index (χ2n) is 6.17. The molecule has 3 aromatic rings. The number of aromatic hydroxyl groups is 2. The van der Waals surface area contributed by atoms with Gasteiger partial charge in [0.25, 0.3) is 0 Å². The first-order valence-corrected chi connectivity index (χ1v) is 8.85. The first-order valence-electron chi connectivity index (χ1n) is 7.91. The van der Waals surface area contributed by atoms with E-state index in [4.69, 9.17) is 4.42 Å². The molecule has 4 rings (SSSR count). The number of phenols is 1. The maximum atomic E-state index is 12.4. The highest BCUT2D eigenvalue weighted by atomic mass is 32.1. The molecule has 26 heavy (non-hydrogen) atoms. The van der Waals surface area contributed by atoms with Crippen LogP contribution in [-0.4, -0.2) is 27.2 Å². The monoisotopic (exact) mass is 370 g/mol. The second kappa shape index (κ2) is 6.12. The van der Waals surface area contributed by atoms with E-state index in [1.54, 1.807) is 0 Å². The van der Waals surface area contributed by atoms with E-state index in [1.807, 2.05) is 16.8 Å². The molecule has 1 atom stereocenters. The van der Waals surface area contributed by atoms with E-state index in [-0.39, 0.29) is 41.4 Å². The van der Waals surface area contributed by atoms with Gasteiger partial charge in [-0.1, -0.05) is 0 Å². The van der Waals surface area contributed by atoms with E-state index in [0.29, 0.717) is 16.7 Å². The van der Waals surface area contributed by atoms with Crippen molar-refractivity contribution < 1.29 is 24.5 Å². The van der Waals surface area contributed by atoms with Gasteiger partial charge in [0.1, 0.15) is 17.3 Å². The zero-order chi connectivity index (χ0) is 18.4. The molecule has 2 heterocycles. The number of rotatable bonds is 2. The van der Waals surface area contributed by atoms with Crippen molar-refractivity contribution in [1.29, 1.82) is 0 Å². The number of Topliss-reactive ketones (excluding diaryl/α,β-unsaturated/α-hetero) is 1. The van der Waals surface area contributed by atoms with E-state index in [2.05, 4.69) is 0 Å². The van der Waals surface area contributed by atoms with E-state index < -0.39 is 11.7 Å². The highest BCUT2D eigenvalue weighted by molar-refractivity contribution is 7.08. The first-order chi connectivity index (χ1) is 12.4. The zero-order valence-corrected chi connectivity index (χ0v) is 14.2. The molecule has 3 N–H and O–H groups in total. The van der Waals surface area contributed by atoms with Crippen molar-refractivity contribution in [2.75, 3.05) is 0 Å². The number of fused-ring (bicyclic) bond motifs is 1. The van der Waals surface area contributed by atoms with Gasteiger partial charge < -0.3 is 19.7 Å². The van der Waals surface area contributed by atoms with Crippen LogP contribution in [0.25, 0.3) is 22.5 Å². The average molecular weight is 370 g/mol. The Balaban J connectivity index is 2.11. The predicted octanol–water partition coefficient (Wildman–Crippen LogP) is 2.94. The Morgan fingerprint density at radius 2 is 1.88 bits per heavy atom. The van der Waals surface area contributed by atoms with E-state index in [1.165, 1.54) is 23.5 Å². The Labute approximate surface area is 151 Å². The minimum atomic E-state index is -0.894. The average Bonchev–Trinajstić information content (AvgIpc) is 3.06. The normalized spacial score (nSPS) is 16.5. The van der Waals surface area contributed by atoms with Crippen LogP contribution in [-0.2, 0) is 6.42 Å². The lowest BCUT2D eigenvalue weighted by atomic mass is 9.81. The van der Waals surface area contributed by atoms with Crippen LogP contribution in [0.4, 0.5) is 0 Å². The van der Waals surface area contributed by atoms with Gasteiger partial charge in [-0.05, 0) is 39.6 Å². The molecule has 0 radical (unpaired) electrons. The number of ketones is 1. The van der Waals surface area contributed by atoms with Gasteiger partial charge in [-0.2, -0.15) is 11.3 Å². The molecule has 0 spiro atoms. The Bertz CT molecular complexity index is 1060. The molecule has 0 bridgehead atoms. The number of phenolic OH excluding ortho intramolecular Hbond substituents is 1. The number of aliphatic hydroxyl groups is 1. The fourth-order valence-electron chi connectivity index (χ4n) is 3.38.